The van der Waals surface area contributed by atoms with Crippen LogP contribution in [0.3, 0.4) is 0 Å². The number of aliphatic hydroxyl groups is 1. The summed E-state index contributed by atoms with van der Waals surface area (Å²) < 4.78 is 68.5. The third-order valence-electron chi connectivity index (χ3n) is 15.9. The van der Waals surface area contributed by atoms with Gasteiger partial charge in [0.2, 0.25) is 0 Å². The lowest BCUT2D eigenvalue weighted by atomic mass is 10.1. The summed E-state index contributed by atoms with van der Waals surface area (Å²) in [6.07, 6.45) is 78.9. The first-order valence-corrected chi connectivity index (χ1v) is 41.8. The van der Waals surface area contributed by atoms with Crippen LogP contribution in [0.15, 0.2) is 122 Å². The summed E-state index contributed by atoms with van der Waals surface area (Å²) in [6.45, 7) is 4.54. The normalized spacial score (nSPS) is 14.6. The van der Waals surface area contributed by atoms with Crippen LogP contribution < -0.4 is 0 Å². The van der Waals surface area contributed by atoms with Gasteiger partial charge in [-0.2, -0.15) is 0 Å². The van der Waals surface area contributed by atoms with Crippen LogP contribution in [0.1, 0.15) is 310 Å². The van der Waals surface area contributed by atoms with Gasteiger partial charge in [-0.3, -0.25) is 37.3 Å². The Bertz CT molecular complexity index is 2370. The molecule has 0 spiro atoms. The molecule has 0 fully saturated rings. The summed E-state index contributed by atoms with van der Waals surface area (Å²) in [4.78, 5) is 72.9. The van der Waals surface area contributed by atoms with E-state index < -0.39 is 97.5 Å². The predicted octanol–water partition coefficient (Wildman–Crippen LogP) is 22.3. The number of carbonyl (C=O) groups excluding carboxylic acids is 4. The van der Waals surface area contributed by atoms with Gasteiger partial charge in [-0.05, 0) is 154 Å². The Morgan fingerprint density at radius 3 is 0.800 bits per heavy atom. The standard InChI is InChI=1S/C81H138O17P2/c1-5-9-13-17-21-25-29-33-37-41-45-49-53-57-61-65-78(83)91-71-76(97-80(85)67-63-59-55-51-47-43-39-35-31-27-23-19-15-11-7-3)73-95-99(87,88)93-69-75(82)70-94-100(89,90)96-74-77(98-81(86)68-64-60-56-52-48-44-40-36-32-28-24-20-16-12-8-4)72-92-79(84)66-62-58-54-50-46-42-38-34-30-26-22-18-14-10-6-2/h9,11,13,15,21-28,33-40,75-77,82H,5-8,10,12,14,16-20,29-32,41-74H2,1-4H3,(H,87,88)(H,89,90)/b13-9-,15-11-,25-21-,26-22-,27-23-,28-24-,37-33-,38-34-,39-35-,40-36-. The Hall–Kier alpha value is -4.54. The average Bonchev–Trinajstić information content (AvgIpc) is 1.01. The first-order chi connectivity index (χ1) is 48.7. The first kappa shape index (κ1) is 95.5. The third kappa shape index (κ3) is 71.8. The maximum atomic E-state index is 13.1. The van der Waals surface area contributed by atoms with Gasteiger partial charge in [-0.15, -0.1) is 0 Å². The molecule has 0 radical (unpaired) electrons. The molecule has 0 aliphatic heterocycles. The zero-order valence-corrected chi connectivity index (χ0v) is 64.4. The Morgan fingerprint density at radius 1 is 0.290 bits per heavy atom. The minimum absolute atomic E-state index is 0.0687. The molecule has 0 aromatic rings. The molecule has 0 saturated carbocycles. The number of allylic oxidation sites excluding steroid dienone is 20. The predicted molar refractivity (Wildman–Crippen MR) is 408 cm³/mol. The van der Waals surface area contributed by atoms with Gasteiger partial charge in [0.15, 0.2) is 12.2 Å². The molecular formula is C81H138O17P2. The fraction of sp³-hybridized carbons (Fsp3) is 0.704. The number of hydrogen-bond donors (Lipinski definition) is 3. The fourth-order valence-electron chi connectivity index (χ4n) is 10.0. The van der Waals surface area contributed by atoms with E-state index in [1.54, 1.807) is 0 Å². The van der Waals surface area contributed by atoms with Crippen LogP contribution in [0.2, 0.25) is 0 Å². The molecule has 0 aliphatic carbocycles. The minimum atomic E-state index is -4.99. The quantitative estimate of drug-likeness (QED) is 0.0169. The van der Waals surface area contributed by atoms with Crippen molar-refractivity contribution in [3.63, 3.8) is 0 Å². The molecule has 5 unspecified atom stereocenters. The maximum Gasteiger partial charge on any atom is 0.472 e. The molecule has 19 heteroatoms. The van der Waals surface area contributed by atoms with E-state index in [1.807, 2.05) is 0 Å². The van der Waals surface area contributed by atoms with Crippen molar-refractivity contribution in [1.29, 1.82) is 0 Å². The zero-order valence-electron chi connectivity index (χ0n) is 62.6. The number of hydrogen-bond acceptors (Lipinski definition) is 15. The number of esters is 4. The highest BCUT2D eigenvalue weighted by Gasteiger charge is 2.30. The molecule has 17 nitrogen and oxygen atoms in total. The summed E-state index contributed by atoms with van der Waals surface area (Å²) in [7, 11) is -9.97. The second kappa shape index (κ2) is 72.8. The van der Waals surface area contributed by atoms with Crippen molar-refractivity contribution >= 4 is 39.5 Å². The summed E-state index contributed by atoms with van der Waals surface area (Å²) in [5.41, 5.74) is 0. The highest BCUT2D eigenvalue weighted by molar-refractivity contribution is 7.47. The van der Waals surface area contributed by atoms with Crippen LogP contribution in [0.25, 0.3) is 0 Å². The molecule has 0 saturated heterocycles. The lowest BCUT2D eigenvalue weighted by molar-refractivity contribution is -0.161. The van der Waals surface area contributed by atoms with Crippen molar-refractivity contribution in [3.8, 4) is 0 Å². The molecule has 0 aromatic heterocycles. The highest BCUT2D eigenvalue weighted by atomic mass is 31.2. The van der Waals surface area contributed by atoms with Crippen LogP contribution in [0.5, 0.6) is 0 Å². The lowest BCUT2D eigenvalue weighted by Gasteiger charge is -2.21. The molecular weight excluding hydrogens is 1310 g/mol. The molecule has 3 N–H and O–H groups in total. The average molecular weight is 1450 g/mol. The van der Waals surface area contributed by atoms with Gasteiger partial charge < -0.3 is 33.8 Å². The molecule has 0 rings (SSSR count). The Morgan fingerprint density at radius 2 is 0.520 bits per heavy atom. The number of carbonyl (C=O) groups is 4. The molecule has 0 amide bonds. The van der Waals surface area contributed by atoms with E-state index in [-0.39, 0.29) is 25.7 Å². The van der Waals surface area contributed by atoms with Crippen LogP contribution in [-0.4, -0.2) is 96.7 Å². The summed E-state index contributed by atoms with van der Waals surface area (Å²) in [5, 5.41) is 10.6. The number of unbranched alkanes of at least 4 members (excludes halogenated alkanes) is 26. The number of ether oxygens (including phenoxy) is 4. The Kier molecular flexibility index (Phi) is 69.5. The lowest BCUT2D eigenvalue weighted by Crippen LogP contribution is -2.30. The second-order valence-corrected chi connectivity index (χ2v) is 28.4. The number of phosphoric ester groups is 2. The molecule has 0 bridgehead atoms. The van der Waals surface area contributed by atoms with Crippen molar-refractivity contribution in [2.24, 2.45) is 0 Å². The smallest absolute Gasteiger partial charge is 0.462 e. The summed E-state index contributed by atoms with van der Waals surface area (Å²) in [5.74, 6) is -2.24. The largest absolute Gasteiger partial charge is 0.472 e. The summed E-state index contributed by atoms with van der Waals surface area (Å²) in [6, 6.07) is 0. The molecule has 574 valence electrons. The van der Waals surface area contributed by atoms with Crippen LogP contribution >= 0.6 is 15.6 Å². The first-order valence-electron chi connectivity index (χ1n) is 38.8. The van der Waals surface area contributed by atoms with Crippen molar-refractivity contribution in [2.45, 2.75) is 329 Å². The molecule has 100 heavy (non-hydrogen) atoms. The SMILES string of the molecule is CC/C=C\C/C=C\C/C=C\CCCCCCCC(=O)OCC(COP(=O)(O)OCC(O)COP(=O)(O)OCC(COC(=O)CCCCCCC/C=C\C/C=C\CCCCC)OC(=O)CCCCCCC/C=C\C/C=C\CCCCC)OC(=O)CCCCCCC/C=C\C/C=C\C/C=C\CC. The zero-order chi connectivity index (χ0) is 73.2. The van der Waals surface area contributed by atoms with Crippen molar-refractivity contribution in [1.82, 2.24) is 0 Å². The monoisotopic (exact) mass is 1440 g/mol. The van der Waals surface area contributed by atoms with Gasteiger partial charge in [0.25, 0.3) is 0 Å². The van der Waals surface area contributed by atoms with Crippen molar-refractivity contribution in [2.75, 3.05) is 39.6 Å². The van der Waals surface area contributed by atoms with Crippen molar-refractivity contribution < 1.29 is 80.2 Å². The van der Waals surface area contributed by atoms with Gasteiger partial charge in [0.05, 0.1) is 26.4 Å². The maximum absolute atomic E-state index is 13.1. The van der Waals surface area contributed by atoms with Gasteiger partial charge in [0.1, 0.15) is 19.3 Å². The van der Waals surface area contributed by atoms with Gasteiger partial charge >= 0.3 is 39.5 Å². The molecule has 0 heterocycles. The van der Waals surface area contributed by atoms with E-state index >= 15 is 0 Å². The highest BCUT2D eigenvalue weighted by Crippen LogP contribution is 2.45. The van der Waals surface area contributed by atoms with E-state index in [9.17, 15) is 43.2 Å². The van der Waals surface area contributed by atoms with Gasteiger partial charge in [0, 0.05) is 25.7 Å². The van der Waals surface area contributed by atoms with E-state index in [0.717, 1.165) is 193 Å². The molecule has 0 aliphatic rings. The number of aliphatic hydroxyl groups excluding tert-OH is 1. The van der Waals surface area contributed by atoms with Crippen molar-refractivity contribution in [3.05, 3.63) is 122 Å². The van der Waals surface area contributed by atoms with Crippen LogP contribution in [0, 0.1) is 0 Å². The fourth-order valence-corrected chi connectivity index (χ4v) is 11.6. The molecule has 0 aromatic carbocycles. The van der Waals surface area contributed by atoms with E-state index in [4.69, 9.17) is 37.0 Å². The third-order valence-corrected chi connectivity index (χ3v) is 17.8. The Labute approximate surface area is 606 Å². The topological polar surface area (TPSA) is 237 Å². The van der Waals surface area contributed by atoms with E-state index in [2.05, 4.69) is 149 Å². The summed E-state index contributed by atoms with van der Waals surface area (Å²) >= 11 is 0. The van der Waals surface area contributed by atoms with Gasteiger partial charge in [-0.25, -0.2) is 9.13 Å². The van der Waals surface area contributed by atoms with E-state index in [1.165, 1.54) is 38.5 Å². The van der Waals surface area contributed by atoms with Gasteiger partial charge in [-0.1, -0.05) is 252 Å². The molecule has 5 atom stereocenters. The van der Waals surface area contributed by atoms with Crippen LogP contribution in [0.4, 0.5) is 0 Å². The Balaban J connectivity index is 5.41. The number of rotatable bonds is 72. The second-order valence-electron chi connectivity index (χ2n) is 25.5. The number of phosphoric acid groups is 2. The van der Waals surface area contributed by atoms with E-state index in [0.29, 0.717) is 25.7 Å². The van der Waals surface area contributed by atoms with Crippen LogP contribution in [-0.2, 0) is 65.4 Å². The minimum Gasteiger partial charge on any atom is -0.462 e.